The fourth-order valence-corrected chi connectivity index (χ4v) is 3.55. The first-order chi connectivity index (χ1) is 14.1. The van der Waals surface area contributed by atoms with E-state index in [0.717, 1.165) is 24.5 Å². The molecule has 4 rings (SSSR count). The summed E-state index contributed by atoms with van der Waals surface area (Å²) in [6.45, 7) is 5.18. The van der Waals surface area contributed by atoms with Crippen LogP contribution in [-0.2, 0) is 0 Å². The molecule has 2 aromatic carbocycles. The van der Waals surface area contributed by atoms with Gasteiger partial charge in [0.05, 0.1) is 6.54 Å². The second kappa shape index (κ2) is 8.43. The zero-order valence-corrected chi connectivity index (χ0v) is 16.5. The van der Waals surface area contributed by atoms with Crippen LogP contribution >= 0.6 is 0 Å². The zero-order valence-electron chi connectivity index (χ0n) is 16.5. The molecule has 1 fully saturated rings. The fraction of sp³-hybridized carbons (Fsp3) is 0.364. The van der Waals surface area contributed by atoms with Crippen LogP contribution in [0.25, 0.3) is 0 Å². The quantitative estimate of drug-likeness (QED) is 0.806. The summed E-state index contributed by atoms with van der Waals surface area (Å²) in [7, 11) is 0. The Morgan fingerprint density at radius 2 is 1.69 bits per heavy atom. The number of urea groups is 1. The smallest absolute Gasteiger partial charge is 0.317 e. The molecule has 2 aliphatic rings. The Bertz CT molecular complexity index is 876. The van der Waals surface area contributed by atoms with Crippen LogP contribution in [0.4, 0.5) is 10.5 Å². The molecule has 0 aliphatic carbocycles. The average molecular weight is 395 g/mol. The summed E-state index contributed by atoms with van der Waals surface area (Å²) in [6.07, 6.45) is -0.199. The Balaban J connectivity index is 1.24. The maximum atomic E-state index is 12.5. The number of rotatable bonds is 4. The van der Waals surface area contributed by atoms with Crippen molar-refractivity contribution in [3.05, 3.63) is 54.1 Å². The highest BCUT2D eigenvalue weighted by atomic mass is 16.6. The van der Waals surface area contributed by atoms with E-state index in [4.69, 9.17) is 9.47 Å². The van der Waals surface area contributed by atoms with Crippen LogP contribution in [0.15, 0.2) is 48.5 Å². The number of nitrogens with one attached hydrogen (secondary N) is 1. The number of para-hydroxylation sites is 2. The van der Waals surface area contributed by atoms with E-state index in [2.05, 4.69) is 10.2 Å². The molecule has 0 bridgehead atoms. The number of anilines is 1. The van der Waals surface area contributed by atoms with Gasteiger partial charge in [-0.3, -0.25) is 4.79 Å². The fourth-order valence-electron chi connectivity index (χ4n) is 3.55. The second-order valence-electron chi connectivity index (χ2n) is 7.26. The molecule has 29 heavy (non-hydrogen) atoms. The molecule has 2 amide bonds. The number of nitrogens with zero attached hydrogens (tertiary/aromatic N) is 2. The molecular weight excluding hydrogens is 370 g/mol. The topological polar surface area (TPSA) is 71.1 Å². The number of ketones is 1. The number of piperazine rings is 1. The number of Topliss-reactive ketones (excluding diaryl/α,β-unsaturated/α-hetero) is 1. The summed E-state index contributed by atoms with van der Waals surface area (Å²) in [5.41, 5.74) is 1.78. The first-order valence-corrected chi connectivity index (χ1v) is 9.87. The number of fused-ring (bicyclic) bond motifs is 1. The van der Waals surface area contributed by atoms with Gasteiger partial charge in [-0.05, 0) is 43.3 Å². The minimum absolute atomic E-state index is 0.0638. The van der Waals surface area contributed by atoms with E-state index >= 15 is 0 Å². The third kappa shape index (κ3) is 4.45. The van der Waals surface area contributed by atoms with E-state index in [-0.39, 0.29) is 17.9 Å². The monoisotopic (exact) mass is 395 g/mol. The summed E-state index contributed by atoms with van der Waals surface area (Å²) in [5.74, 6) is 1.51. The predicted octanol–water partition coefficient (Wildman–Crippen LogP) is 2.56. The molecule has 1 N–H and O–H groups in total. The van der Waals surface area contributed by atoms with E-state index in [1.165, 1.54) is 0 Å². The van der Waals surface area contributed by atoms with Crippen molar-refractivity contribution >= 4 is 17.5 Å². The maximum Gasteiger partial charge on any atom is 0.317 e. The standard InChI is InChI=1S/C22H25N3O4/c1-16(26)17-6-8-18(9-7-17)24-10-12-25(13-11-24)22(27)23-14-19-15-28-20-4-2-3-5-21(20)29-19/h2-9,19H,10-15H2,1H3,(H,23,27). The Kier molecular flexibility index (Phi) is 5.55. The Morgan fingerprint density at radius 1 is 1.00 bits per heavy atom. The van der Waals surface area contributed by atoms with Crippen LogP contribution < -0.4 is 19.7 Å². The number of hydrogen-bond acceptors (Lipinski definition) is 5. The first-order valence-electron chi connectivity index (χ1n) is 9.87. The number of carbonyl (C=O) groups is 2. The molecule has 7 nitrogen and oxygen atoms in total. The highest BCUT2D eigenvalue weighted by Crippen LogP contribution is 2.30. The third-order valence-electron chi connectivity index (χ3n) is 5.25. The molecule has 152 valence electrons. The lowest BCUT2D eigenvalue weighted by atomic mass is 10.1. The highest BCUT2D eigenvalue weighted by molar-refractivity contribution is 5.94. The van der Waals surface area contributed by atoms with E-state index < -0.39 is 0 Å². The van der Waals surface area contributed by atoms with Crippen molar-refractivity contribution in [2.24, 2.45) is 0 Å². The van der Waals surface area contributed by atoms with Crippen molar-refractivity contribution in [2.75, 3.05) is 44.2 Å². The second-order valence-corrected chi connectivity index (χ2v) is 7.26. The molecular formula is C22H25N3O4. The highest BCUT2D eigenvalue weighted by Gasteiger charge is 2.24. The van der Waals surface area contributed by atoms with Gasteiger partial charge < -0.3 is 24.6 Å². The largest absolute Gasteiger partial charge is 0.486 e. The SMILES string of the molecule is CC(=O)c1ccc(N2CCN(C(=O)NCC3COc4ccccc4O3)CC2)cc1. The minimum atomic E-state index is -0.199. The molecule has 0 aromatic heterocycles. The number of amides is 2. The Labute approximate surface area is 170 Å². The van der Waals surface area contributed by atoms with Crippen molar-refractivity contribution in [3.63, 3.8) is 0 Å². The molecule has 2 aromatic rings. The molecule has 0 radical (unpaired) electrons. The summed E-state index contributed by atoms with van der Waals surface area (Å²) in [6, 6.07) is 15.1. The number of ether oxygens (including phenoxy) is 2. The van der Waals surface area contributed by atoms with Crippen molar-refractivity contribution in [3.8, 4) is 11.5 Å². The van der Waals surface area contributed by atoms with Crippen molar-refractivity contribution in [2.45, 2.75) is 13.0 Å². The van der Waals surface area contributed by atoms with Gasteiger partial charge in [0.25, 0.3) is 0 Å². The van der Waals surface area contributed by atoms with Gasteiger partial charge in [0.2, 0.25) is 0 Å². The first kappa shape index (κ1) is 19.1. The number of carbonyl (C=O) groups excluding carboxylic acids is 2. The van der Waals surface area contributed by atoms with E-state index in [0.29, 0.717) is 37.6 Å². The lowest BCUT2D eigenvalue weighted by Gasteiger charge is -2.36. The normalized spacial score (nSPS) is 18.3. The van der Waals surface area contributed by atoms with Crippen LogP contribution in [0.5, 0.6) is 11.5 Å². The molecule has 0 spiro atoms. The van der Waals surface area contributed by atoms with Crippen molar-refractivity contribution in [1.29, 1.82) is 0 Å². The van der Waals surface area contributed by atoms with Gasteiger partial charge in [0.1, 0.15) is 6.61 Å². The van der Waals surface area contributed by atoms with Gasteiger partial charge in [-0.1, -0.05) is 12.1 Å². The molecule has 1 atom stereocenters. The lowest BCUT2D eigenvalue weighted by molar-refractivity contribution is 0.0900. The molecule has 0 saturated carbocycles. The Morgan fingerprint density at radius 3 is 2.38 bits per heavy atom. The van der Waals surface area contributed by atoms with Gasteiger partial charge in [0.15, 0.2) is 23.4 Å². The summed E-state index contributed by atoms with van der Waals surface area (Å²) in [4.78, 5) is 28.0. The molecule has 2 heterocycles. The number of benzene rings is 2. The molecule has 7 heteroatoms. The lowest BCUT2D eigenvalue weighted by Crippen LogP contribution is -2.53. The van der Waals surface area contributed by atoms with Gasteiger partial charge in [-0.15, -0.1) is 0 Å². The van der Waals surface area contributed by atoms with Gasteiger partial charge in [-0.25, -0.2) is 4.79 Å². The van der Waals surface area contributed by atoms with E-state index in [1.807, 2.05) is 53.4 Å². The Hall–Kier alpha value is -3.22. The van der Waals surface area contributed by atoms with Crippen LogP contribution in [0, 0.1) is 0 Å². The average Bonchev–Trinajstić information content (AvgIpc) is 2.77. The van der Waals surface area contributed by atoms with Gasteiger partial charge >= 0.3 is 6.03 Å². The molecule has 1 unspecified atom stereocenters. The molecule has 1 saturated heterocycles. The van der Waals surface area contributed by atoms with Gasteiger partial charge in [0, 0.05) is 37.4 Å². The molecule has 2 aliphatic heterocycles. The van der Waals surface area contributed by atoms with Crippen LogP contribution in [0.3, 0.4) is 0 Å². The maximum absolute atomic E-state index is 12.5. The minimum Gasteiger partial charge on any atom is -0.486 e. The van der Waals surface area contributed by atoms with E-state index in [9.17, 15) is 9.59 Å². The third-order valence-corrected chi connectivity index (χ3v) is 5.25. The van der Waals surface area contributed by atoms with Crippen LogP contribution in [0.2, 0.25) is 0 Å². The van der Waals surface area contributed by atoms with Crippen molar-refractivity contribution in [1.82, 2.24) is 10.2 Å². The zero-order chi connectivity index (χ0) is 20.2. The summed E-state index contributed by atoms with van der Waals surface area (Å²) < 4.78 is 11.6. The van der Waals surface area contributed by atoms with Gasteiger partial charge in [-0.2, -0.15) is 0 Å². The van der Waals surface area contributed by atoms with Crippen LogP contribution in [-0.4, -0.2) is 62.1 Å². The van der Waals surface area contributed by atoms with Crippen molar-refractivity contribution < 1.29 is 19.1 Å². The summed E-state index contributed by atoms with van der Waals surface area (Å²) >= 11 is 0. The number of hydrogen-bond donors (Lipinski definition) is 1. The van der Waals surface area contributed by atoms with E-state index in [1.54, 1.807) is 6.92 Å². The predicted molar refractivity (Wildman–Crippen MR) is 110 cm³/mol. The van der Waals surface area contributed by atoms with Crippen LogP contribution in [0.1, 0.15) is 17.3 Å². The summed E-state index contributed by atoms with van der Waals surface area (Å²) in [5, 5.41) is 2.95.